The normalized spacial score (nSPS) is 43.8. The molecule has 0 aromatic heterocycles. The molecule has 4 saturated carbocycles. The van der Waals surface area contributed by atoms with Crippen molar-refractivity contribution in [2.24, 2.45) is 53.3 Å². The summed E-state index contributed by atoms with van der Waals surface area (Å²) in [6.07, 6.45) is 27.9. The number of hydrogen-bond donors (Lipinski definition) is 1. The van der Waals surface area contributed by atoms with E-state index in [0.29, 0.717) is 0 Å². The third kappa shape index (κ3) is 6.41. The minimum atomic E-state index is 0.751. The zero-order valence-corrected chi connectivity index (χ0v) is 22.9. The van der Waals surface area contributed by atoms with Crippen LogP contribution in [0.2, 0.25) is 0 Å². The minimum absolute atomic E-state index is 0.751. The molecule has 0 bridgehead atoms. The van der Waals surface area contributed by atoms with E-state index in [4.69, 9.17) is 0 Å². The first-order chi connectivity index (χ1) is 16.7. The van der Waals surface area contributed by atoms with Crippen LogP contribution in [0.1, 0.15) is 117 Å². The third-order valence-electron chi connectivity index (χ3n) is 11.4. The SMILES string of the molecule is C=CC1CCC(C2CCC(CC)CC2)CC1C1C[C@@H](C2CCC(NCCC)CC2)CCC1C=C. The third-order valence-corrected chi connectivity index (χ3v) is 11.4. The van der Waals surface area contributed by atoms with Gasteiger partial charge in [-0.1, -0.05) is 45.3 Å². The van der Waals surface area contributed by atoms with Gasteiger partial charge in [0.1, 0.15) is 0 Å². The highest BCUT2D eigenvalue weighted by atomic mass is 14.9. The molecule has 0 saturated heterocycles. The quantitative estimate of drug-likeness (QED) is 0.333. The molecule has 4 rings (SSSR count). The van der Waals surface area contributed by atoms with E-state index in [0.717, 1.165) is 59.3 Å². The van der Waals surface area contributed by atoms with Crippen molar-refractivity contribution in [1.29, 1.82) is 0 Å². The predicted octanol–water partition coefficient (Wildman–Crippen LogP) is 9.20. The molecule has 4 aliphatic rings. The van der Waals surface area contributed by atoms with Crippen LogP contribution >= 0.6 is 0 Å². The molecule has 4 fully saturated rings. The molecule has 4 aliphatic carbocycles. The van der Waals surface area contributed by atoms with E-state index in [1.54, 1.807) is 0 Å². The Balaban J connectivity index is 1.38. The van der Waals surface area contributed by atoms with Crippen LogP contribution in [-0.2, 0) is 0 Å². The number of allylic oxidation sites excluding steroid dienone is 2. The molecule has 0 heterocycles. The van der Waals surface area contributed by atoms with E-state index in [9.17, 15) is 0 Å². The number of hydrogen-bond acceptors (Lipinski definition) is 1. The maximum absolute atomic E-state index is 4.35. The molecule has 34 heavy (non-hydrogen) atoms. The van der Waals surface area contributed by atoms with Crippen molar-refractivity contribution in [2.45, 2.75) is 123 Å². The minimum Gasteiger partial charge on any atom is -0.314 e. The summed E-state index contributed by atoms with van der Waals surface area (Å²) >= 11 is 0. The smallest absolute Gasteiger partial charge is 0.00672 e. The molecule has 6 atom stereocenters. The summed E-state index contributed by atoms with van der Waals surface area (Å²) in [7, 11) is 0. The van der Waals surface area contributed by atoms with Gasteiger partial charge in [-0.15, -0.1) is 13.2 Å². The molecule has 0 aromatic carbocycles. The maximum atomic E-state index is 4.35. The zero-order chi connectivity index (χ0) is 23.9. The van der Waals surface area contributed by atoms with Crippen LogP contribution in [-0.4, -0.2) is 12.6 Å². The highest BCUT2D eigenvalue weighted by Crippen LogP contribution is 2.52. The molecule has 5 unspecified atom stereocenters. The summed E-state index contributed by atoms with van der Waals surface area (Å²) in [6, 6.07) is 0.795. The van der Waals surface area contributed by atoms with Gasteiger partial charge < -0.3 is 5.32 Å². The van der Waals surface area contributed by atoms with E-state index in [1.165, 1.54) is 109 Å². The predicted molar refractivity (Wildman–Crippen MR) is 149 cm³/mol. The van der Waals surface area contributed by atoms with E-state index in [-0.39, 0.29) is 0 Å². The lowest BCUT2D eigenvalue weighted by Gasteiger charge is -2.49. The zero-order valence-electron chi connectivity index (χ0n) is 22.9. The van der Waals surface area contributed by atoms with Gasteiger partial charge in [-0.25, -0.2) is 0 Å². The molecule has 1 heteroatoms. The van der Waals surface area contributed by atoms with E-state index >= 15 is 0 Å². The Morgan fingerprint density at radius 3 is 1.53 bits per heavy atom. The van der Waals surface area contributed by atoms with Crippen LogP contribution < -0.4 is 5.32 Å². The van der Waals surface area contributed by atoms with E-state index < -0.39 is 0 Å². The van der Waals surface area contributed by atoms with Crippen LogP contribution in [0.3, 0.4) is 0 Å². The van der Waals surface area contributed by atoms with Crippen molar-refractivity contribution in [3.63, 3.8) is 0 Å². The maximum Gasteiger partial charge on any atom is 0.00672 e. The van der Waals surface area contributed by atoms with Gasteiger partial charge in [0.15, 0.2) is 0 Å². The molecule has 0 spiro atoms. The first-order valence-electron chi connectivity index (χ1n) is 15.6. The number of nitrogens with one attached hydrogen (secondary N) is 1. The van der Waals surface area contributed by atoms with Gasteiger partial charge in [0.05, 0.1) is 0 Å². The van der Waals surface area contributed by atoms with Gasteiger partial charge in [0.2, 0.25) is 0 Å². The topological polar surface area (TPSA) is 12.0 Å². The molecule has 1 N–H and O–H groups in total. The Bertz CT molecular complexity index is 608. The fraction of sp³-hybridized carbons (Fsp3) is 0.879. The van der Waals surface area contributed by atoms with Crippen molar-refractivity contribution >= 4 is 0 Å². The Morgan fingerprint density at radius 1 is 0.618 bits per heavy atom. The van der Waals surface area contributed by atoms with Crippen LogP contribution in [0.5, 0.6) is 0 Å². The molecular formula is C33H57N. The van der Waals surface area contributed by atoms with Crippen LogP contribution in [0.4, 0.5) is 0 Å². The van der Waals surface area contributed by atoms with Gasteiger partial charge >= 0.3 is 0 Å². The van der Waals surface area contributed by atoms with Gasteiger partial charge in [-0.05, 0) is 143 Å². The van der Waals surface area contributed by atoms with Gasteiger partial charge in [-0.3, -0.25) is 0 Å². The summed E-state index contributed by atoms with van der Waals surface area (Å²) < 4.78 is 0. The molecule has 0 aliphatic heterocycles. The first kappa shape index (κ1) is 26.5. The van der Waals surface area contributed by atoms with Crippen LogP contribution in [0.25, 0.3) is 0 Å². The van der Waals surface area contributed by atoms with E-state index in [1.807, 2.05) is 0 Å². The van der Waals surface area contributed by atoms with Crippen molar-refractivity contribution in [1.82, 2.24) is 5.32 Å². The lowest BCUT2D eigenvalue weighted by molar-refractivity contribution is 0.0304. The van der Waals surface area contributed by atoms with Crippen molar-refractivity contribution in [3.8, 4) is 0 Å². The highest BCUT2D eigenvalue weighted by Gasteiger charge is 2.43. The summed E-state index contributed by atoms with van der Waals surface area (Å²) in [5.74, 6) is 8.22. The monoisotopic (exact) mass is 467 g/mol. The average molecular weight is 468 g/mol. The summed E-state index contributed by atoms with van der Waals surface area (Å²) in [4.78, 5) is 0. The van der Waals surface area contributed by atoms with E-state index in [2.05, 4.69) is 44.5 Å². The van der Waals surface area contributed by atoms with Crippen molar-refractivity contribution in [2.75, 3.05) is 6.54 Å². The summed E-state index contributed by atoms with van der Waals surface area (Å²) in [5.41, 5.74) is 0. The lowest BCUT2D eigenvalue weighted by atomic mass is 9.56. The average Bonchev–Trinajstić information content (AvgIpc) is 2.91. The second-order valence-electron chi connectivity index (χ2n) is 13.0. The van der Waals surface area contributed by atoms with Gasteiger partial charge in [-0.2, -0.15) is 0 Å². The second kappa shape index (κ2) is 13.1. The fourth-order valence-corrected chi connectivity index (χ4v) is 9.16. The first-order valence-corrected chi connectivity index (χ1v) is 15.6. The Kier molecular flexibility index (Phi) is 10.2. The molecule has 1 nitrogen and oxygen atoms in total. The molecular weight excluding hydrogens is 410 g/mol. The van der Waals surface area contributed by atoms with Crippen molar-refractivity contribution in [3.05, 3.63) is 25.3 Å². The summed E-state index contributed by atoms with van der Waals surface area (Å²) in [6.45, 7) is 14.6. The molecule has 194 valence electrons. The number of rotatable bonds is 9. The molecule has 0 radical (unpaired) electrons. The Morgan fingerprint density at radius 2 is 1.09 bits per heavy atom. The largest absolute Gasteiger partial charge is 0.314 e. The second-order valence-corrected chi connectivity index (χ2v) is 13.0. The lowest BCUT2D eigenvalue weighted by Crippen LogP contribution is -2.41. The molecule has 0 amide bonds. The Labute approximate surface area is 213 Å². The summed E-state index contributed by atoms with van der Waals surface area (Å²) in [5, 5.41) is 3.80. The molecule has 0 aromatic rings. The highest BCUT2D eigenvalue weighted by molar-refractivity contribution is 5.01. The van der Waals surface area contributed by atoms with Gasteiger partial charge in [0.25, 0.3) is 0 Å². The standard InChI is InChI=1S/C33H57N/c1-5-21-34-31-19-17-28(18-20-31)30-16-14-26(8-4)33(23-30)32-22-29(15-13-25(32)7-3)27-11-9-24(6-2)10-12-27/h7-8,24-34H,3-6,9-23H2,1-2H3/t24?,25?,26?,27?,28?,29?,30-,31?,32?,33?/m0/s1. The fourth-order valence-electron chi connectivity index (χ4n) is 9.16. The van der Waals surface area contributed by atoms with Gasteiger partial charge in [0, 0.05) is 6.04 Å². The van der Waals surface area contributed by atoms with Crippen LogP contribution in [0, 0.1) is 53.3 Å². The van der Waals surface area contributed by atoms with Crippen LogP contribution in [0.15, 0.2) is 25.3 Å². The van der Waals surface area contributed by atoms with Crippen molar-refractivity contribution < 1.29 is 0 Å². The Hall–Kier alpha value is -0.560.